The second-order valence-electron chi connectivity index (χ2n) is 7.81. The number of amides is 1. The molecule has 0 unspecified atom stereocenters. The number of rotatable bonds is 5. The summed E-state index contributed by atoms with van der Waals surface area (Å²) in [6.07, 6.45) is 3.80. The number of carbonyl (C=O) groups is 1. The second kappa shape index (κ2) is 8.88. The van der Waals surface area contributed by atoms with Gasteiger partial charge in [-0.05, 0) is 62.1 Å². The molecule has 4 nitrogen and oxygen atoms in total. The molecule has 1 atom stereocenters. The molecule has 1 aromatic heterocycles. The number of carbonyl (C=O) groups excluding carboxylic acids is 1. The van der Waals surface area contributed by atoms with E-state index in [9.17, 15) is 4.79 Å². The van der Waals surface area contributed by atoms with Crippen molar-refractivity contribution in [2.45, 2.75) is 38.8 Å². The molecule has 1 aliphatic rings. The van der Waals surface area contributed by atoms with Crippen molar-refractivity contribution in [3.63, 3.8) is 0 Å². The van der Waals surface area contributed by atoms with Gasteiger partial charge in [0.05, 0.1) is 12.1 Å². The third kappa shape index (κ3) is 4.34. The van der Waals surface area contributed by atoms with Crippen molar-refractivity contribution in [2.75, 3.05) is 6.54 Å². The topological polar surface area (TPSA) is 42.4 Å². The maximum Gasteiger partial charge on any atom is 0.254 e. The van der Waals surface area contributed by atoms with E-state index in [2.05, 4.69) is 4.98 Å². The van der Waals surface area contributed by atoms with Crippen LogP contribution in [0.15, 0.2) is 66.9 Å². The van der Waals surface area contributed by atoms with Crippen molar-refractivity contribution >= 4 is 17.5 Å². The Morgan fingerprint density at radius 2 is 1.80 bits per heavy atom. The Morgan fingerprint density at radius 3 is 2.47 bits per heavy atom. The molecule has 4 rings (SSSR count). The number of ether oxygens (including phenoxy) is 1. The number of aromatic nitrogens is 1. The van der Waals surface area contributed by atoms with Crippen LogP contribution in [0.1, 0.15) is 48.7 Å². The Bertz CT molecular complexity index is 1020. The summed E-state index contributed by atoms with van der Waals surface area (Å²) in [6.45, 7) is 4.70. The lowest BCUT2D eigenvalue weighted by atomic mass is 10.0. The minimum Gasteiger partial charge on any atom is -0.475 e. The van der Waals surface area contributed by atoms with Gasteiger partial charge in [-0.1, -0.05) is 41.9 Å². The average molecular weight is 421 g/mol. The van der Waals surface area contributed by atoms with Crippen LogP contribution in [0.5, 0.6) is 5.88 Å². The lowest BCUT2D eigenvalue weighted by Gasteiger charge is -2.26. The molecular formula is C25H25ClN2O2. The van der Waals surface area contributed by atoms with Crippen LogP contribution in [0, 0.1) is 0 Å². The van der Waals surface area contributed by atoms with Crippen LogP contribution in [0.4, 0.5) is 0 Å². The summed E-state index contributed by atoms with van der Waals surface area (Å²) in [5.41, 5.74) is 3.71. The highest BCUT2D eigenvalue weighted by Gasteiger charge is 2.31. The first-order valence-electron chi connectivity index (χ1n) is 10.3. The summed E-state index contributed by atoms with van der Waals surface area (Å²) in [7, 11) is 0. The van der Waals surface area contributed by atoms with Crippen LogP contribution in [0.2, 0.25) is 5.02 Å². The molecule has 0 saturated carbocycles. The Morgan fingerprint density at radius 1 is 1.07 bits per heavy atom. The van der Waals surface area contributed by atoms with Crippen molar-refractivity contribution in [3.05, 3.63) is 83.0 Å². The molecule has 0 N–H and O–H groups in total. The summed E-state index contributed by atoms with van der Waals surface area (Å²) in [6, 6.07) is 19.4. The van der Waals surface area contributed by atoms with Crippen LogP contribution in [-0.4, -0.2) is 28.4 Å². The van der Waals surface area contributed by atoms with E-state index in [4.69, 9.17) is 16.3 Å². The molecule has 1 aliphatic heterocycles. The molecule has 0 bridgehead atoms. The third-order valence-corrected chi connectivity index (χ3v) is 5.68. The van der Waals surface area contributed by atoms with Crippen LogP contribution in [0.25, 0.3) is 11.1 Å². The van der Waals surface area contributed by atoms with E-state index in [0.717, 1.165) is 41.1 Å². The quantitative estimate of drug-likeness (QED) is 0.496. The van der Waals surface area contributed by atoms with Gasteiger partial charge in [0, 0.05) is 35.0 Å². The number of pyridine rings is 1. The molecule has 1 fully saturated rings. The van der Waals surface area contributed by atoms with Gasteiger partial charge in [-0.25, -0.2) is 4.98 Å². The number of benzene rings is 2. The van der Waals surface area contributed by atoms with Crippen LogP contribution in [0.3, 0.4) is 0 Å². The Kier molecular flexibility index (Phi) is 6.05. The molecule has 1 saturated heterocycles. The number of halogens is 1. The van der Waals surface area contributed by atoms with E-state index in [1.807, 2.05) is 79.4 Å². The molecule has 0 aliphatic carbocycles. The maximum atomic E-state index is 13.2. The monoisotopic (exact) mass is 420 g/mol. The summed E-state index contributed by atoms with van der Waals surface area (Å²) >= 11 is 6.39. The van der Waals surface area contributed by atoms with Gasteiger partial charge in [0.1, 0.15) is 0 Å². The standard InChI is InChI=1S/C25H25ClN2O2/c1-17(2)30-24-14-13-20(16-27-24)18-9-11-19(12-10-18)25(29)28-15-5-8-23(28)21-6-3-4-7-22(21)26/h3-4,6-7,9-14,16-17,23H,5,8,15H2,1-2H3/t23-/m1/s1. The Hall–Kier alpha value is -2.85. The number of likely N-dealkylation sites (tertiary alicyclic amines) is 1. The number of nitrogens with zero attached hydrogens (tertiary/aromatic N) is 2. The van der Waals surface area contributed by atoms with E-state index in [1.54, 1.807) is 6.20 Å². The molecular weight excluding hydrogens is 396 g/mol. The third-order valence-electron chi connectivity index (χ3n) is 5.34. The van der Waals surface area contributed by atoms with Gasteiger partial charge in [-0.3, -0.25) is 4.79 Å². The average Bonchev–Trinajstić information content (AvgIpc) is 3.23. The SMILES string of the molecule is CC(C)Oc1ccc(-c2ccc(C(=O)N3CCC[C@@H]3c3ccccc3Cl)cc2)cn1. The van der Waals surface area contributed by atoms with Gasteiger partial charge in [-0.15, -0.1) is 0 Å². The summed E-state index contributed by atoms with van der Waals surface area (Å²) in [4.78, 5) is 19.5. The zero-order valence-electron chi connectivity index (χ0n) is 17.2. The summed E-state index contributed by atoms with van der Waals surface area (Å²) < 4.78 is 5.60. The van der Waals surface area contributed by atoms with Crippen molar-refractivity contribution in [2.24, 2.45) is 0 Å². The summed E-state index contributed by atoms with van der Waals surface area (Å²) in [5, 5.41) is 0.718. The lowest BCUT2D eigenvalue weighted by Crippen LogP contribution is -2.30. The molecule has 30 heavy (non-hydrogen) atoms. The van der Waals surface area contributed by atoms with Gasteiger partial charge in [0.2, 0.25) is 5.88 Å². The van der Waals surface area contributed by atoms with Crippen molar-refractivity contribution in [3.8, 4) is 17.0 Å². The van der Waals surface area contributed by atoms with Gasteiger partial charge < -0.3 is 9.64 Å². The predicted molar refractivity (Wildman–Crippen MR) is 120 cm³/mol. The molecule has 2 heterocycles. The Balaban J connectivity index is 1.51. The molecule has 0 spiro atoms. The fourth-order valence-corrected chi connectivity index (χ4v) is 4.17. The smallest absolute Gasteiger partial charge is 0.254 e. The fraction of sp³-hybridized carbons (Fsp3) is 0.280. The molecule has 5 heteroatoms. The molecule has 2 aromatic carbocycles. The Labute approximate surface area is 182 Å². The van der Waals surface area contributed by atoms with Crippen LogP contribution >= 0.6 is 11.6 Å². The highest BCUT2D eigenvalue weighted by atomic mass is 35.5. The highest BCUT2D eigenvalue weighted by Crippen LogP contribution is 2.36. The molecule has 1 amide bonds. The van der Waals surface area contributed by atoms with E-state index in [1.165, 1.54) is 0 Å². The van der Waals surface area contributed by atoms with Crippen molar-refractivity contribution in [1.82, 2.24) is 9.88 Å². The van der Waals surface area contributed by atoms with Crippen molar-refractivity contribution < 1.29 is 9.53 Å². The van der Waals surface area contributed by atoms with Crippen LogP contribution in [-0.2, 0) is 0 Å². The van der Waals surface area contributed by atoms with Crippen molar-refractivity contribution in [1.29, 1.82) is 0 Å². The maximum absolute atomic E-state index is 13.2. The van der Waals surface area contributed by atoms with Gasteiger partial charge in [0.25, 0.3) is 5.91 Å². The lowest BCUT2D eigenvalue weighted by molar-refractivity contribution is 0.0736. The van der Waals surface area contributed by atoms with E-state index < -0.39 is 0 Å². The van der Waals surface area contributed by atoms with Gasteiger partial charge >= 0.3 is 0 Å². The van der Waals surface area contributed by atoms with E-state index in [0.29, 0.717) is 11.4 Å². The van der Waals surface area contributed by atoms with E-state index >= 15 is 0 Å². The summed E-state index contributed by atoms with van der Waals surface area (Å²) in [5.74, 6) is 0.656. The zero-order chi connectivity index (χ0) is 21.1. The minimum absolute atomic E-state index is 0.0311. The number of hydrogen-bond acceptors (Lipinski definition) is 3. The largest absolute Gasteiger partial charge is 0.475 e. The van der Waals surface area contributed by atoms with Gasteiger partial charge in [0.15, 0.2) is 0 Å². The molecule has 0 radical (unpaired) electrons. The highest BCUT2D eigenvalue weighted by molar-refractivity contribution is 6.31. The van der Waals surface area contributed by atoms with E-state index in [-0.39, 0.29) is 18.1 Å². The van der Waals surface area contributed by atoms with Crippen LogP contribution < -0.4 is 4.74 Å². The molecule has 154 valence electrons. The molecule has 3 aromatic rings. The minimum atomic E-state index is 0.0311. The van der Waals surface area contributed by atoms with Gasteiger partial charge in [-0.2, -0.15) is 0 Å². The zero-order valence-corrected chi connectivity index (χ0v) is 18.0. The second-order valence-corrected chi connectivity index (χ2v) is 8.21. The predicted octanol–water partition coefficient (Wildman–Crippen LogP) is 6.17. The first kappa shape index (κ1) is 20.4. The fourth-order valence-electron chi connectivity index (χ4n) is 3.91. The first-order chi connectivity index (χ1) is 14.5. The normalized spacial score (nSPS) is 16.1. The first-order valence-corrected chi connectivity index (χ1v) is 10.7. The number of hydrogen-bond donors (Lipinski definition) is 0.